The topological polar surface area (TPSA) is 88.5 Å². The summed E-state index contributed by atoms with van der Waals surface area (Å²) in [6, 6.07) is 15.1. The molecule has 0 aliphatic heterocycles. The highest BCUT2D eigenvalue weighted by Crippen LogP contribution is 2.55. The summed E-state index contributed by atoms with van der Waals surface area (Å²) in [5, 5.41) is 14.3. The Morgan fingerprint density at radius 2 is 2.00 bits per heavy atom. The SMILES string of the molecule is C[C@@H](COc1ccnc2c1[C@H](C)CCC2)CC1=Cc2ccc(C=O)cc2C12CCC(Nc1cccc(Cl)c1)(C(=O)O)CC2. The van der Waals surface area contributed by atoms with Crippen molar-refractivity contribution < 1.29 is 19.4 Å². The molecule has 1 saturated carbocycles. The Morgan fingerprint density at radius 3 is 2.74 bits per heavy atom. The maximum absolute atomic E-state index is 12.7. The molecule has 1 heterocycles. The van der Waals surface area contributed by atoms with Crippen LogP contribution in [-0.4, -0.2) is 34.5 Å². The normalized spacial score (nSPS) is 24.9. The Balaban J connectivity index is 1.24. The Morgan fingerprint density at radius 1 is 1.19 bits per heavy atom. The number of pyridine rings is 1. The van der Waals surface area contributed by atoms with Crippen LogP contribution in [0.5, 0.6) is 5.75 Å². The number of carbonyl (C=O) groups excluding carboxylic acids is 1. The highest BCUT2D eigenvalue weighted by atomic mass is 35.5. The summed E-state index contributed by atoms with van der Waals surface area (Å²) in [6.07, 6.45) is 11.4. The first-order chi connectivity index (χ1) is 20.7. The second-order valence-corrected chi connectivity index (χ2v) is 13.3. The molecule has 43 heavy (non-hydrogen) atoms. The molecule has 0 radical (unpaired) electrons. The van der Waals surface area contributed by atoms with E-state index < -0.39 is 11.5 Å². The summed E-state index contributed by atoms with van der Waals surface area (Å²) >= 11 is 6.21. The maximum atomic E-state index is 12.7. The lowest BCUT2D eigenvalue weighted by Gasteiger charge is -2.46. The van der Waals surface area contributed by atoms with Crippen molar-refractivity contribution in [1.82, 2.24) is 4.98 Å². The molecule has 2 aromatic carbocycles. The van der Waals surface area contributed by atoms with Crippen molar-refractivity contribution in [1.29, 1.82) is 0 Å². The van der Waals surface area contributed by atoms with Gasteiger partial charge in [0.25, 0.3) is 0 Å². The molecule has 0 saturated heterocycles. The highest BCUT2D eigenvalue weighted by molar-refractivity contribution is 6.30. The number of aliphatic carboxylic acids is 1. The predicted molar refractivity (Wildman–Crippen MR) is 170 cm³/mol. The van der Waals surface area contributed by atoms with Gasteiger partial charge >= 0.3 is 5.97 Å². The largest absolute Gasteiger partial charge is 0.493 e. The highest BCUT2D eigenvalue weighted by Gasteiger charge is 2.51. The number of halogens is 1. The fourth-order valence-corrected chi connectivity index (χ4v) is 7.80. The van der Waals surface area contributed by atoms with Crippen molar-refractivity contribution in [2.45, 2.75) is 82.1 Å². The van der Waals surface area contributed by atoms with E-state index in [-0.39, 0.29) is 11.3 Å². The van der Waals surface area contributed by atoms with Crippen LogP contribution < -0.4 is 10.1 Å². The molecule has 3 aromatic rings. The molecule has 1 fully saturated rings. The van der Waals surface area contributed by atoms with Crippen LogP contribution in [0.15, 0.2) is 60.3 Å². The van der Waals surface area contributed by atoms with Gasteiger partial charge in [-0.05, 0) is 105 Å². The molecule has 7 heteroatoms. The van der Waals surface area contributed by atoms with E-state index in [1.54, 1.807) is 12.1 Å². The molecule has 224 valence electrons. The summed E-state index contributed by atoms with van der Waals surface area (Å²) in [5.74, 6) is 0.780. The summed E-state index contributed by atoms with van der Waals surface area (Å²) in [7, 11) is 0. The zero-order chi connectivity index (χ0) is 30.2. The number of nitrogens with zero attached hydrogens (tertiary/aromatic N) is 1. The molecule has 0 bridgehead atoms. The van der Waals surface area contributed by atoms with Gasteiger partial charge in [-0.3, -0.25) is 9.78 Å². The van der Waals surface area contributed by atoms with Crippen LogP contribution in [-0.2, 0) is 16.6 Å². The average Bonchev–Trinajstić information content (AvgIpc) is 3.28. The quantitative estimate of drug-likeness (QED) is 0.241. The van der Waals surface area contributed by atoms with Gasteiger partial charge in [-0.25, -0.2) is 4.79 Å². The zero-order valence-electron chi connectivity index (χ0n) is 24.9. The number of hydrogen-bond donors (Lipinski definition) is 2. The predicted octanol–water partition coefficient (Wildman–Crippen LogP) is 8.24. The van der Waals surface area contributed by atoms with E-state index in [9.17, 15) is 14.7 Å². The van der Waals surface area contributed by atoms with Gasteiger partial charge in [-0.1, -0.05) is 55.3 Å². The number of allylic oxidation sites excluding steroid dienone is 1. The number of benzene rings is 2. The van der Waals surface area contributed by atoms with Crippen LogP contribution in [0.2, 0.25) is 5.02 Å². The van der Waals surface area contributed by atoms with Crippen LogP contribution >= 0.6 is 11.6 Å². The van der Waals surface area contributed by atoms with E-state index >= 15 is 0 Å². The first kappa shape index (κ1) is 29.4. The van der Waals surface area contributed by atoms with Gasteiger partial charge in [0, 0.05) is 39.1 Å². The molecule has 0 amide bonds. The van der Waals surface area contributed by atoms with Gasteiger partial charge in [-0.15, -0.1) is 0 Å². The number of hydrogen-bond acceptors (Lipinski definition) is 5. The Labute approximate surface area is 258 Å². The van der Waals surface area contributed by atoms with E-state index in [0.29, 0.717) is 54.5 Å². The number of ether oxygens (including phenoxy) is 1. The third-order valence-corrected chi connectivity index (χ3v) is 10.2. The van der Waals surface area contributed by atoms with Gasteiger partial charge in [-0.2, -0.15) is 0 Å². The molecular formula is C36H39ClN2O4. The number of carboxylic acids is 1. The smallest absolute Gasteiger partial charge is 0.329 e. The number of aldehydes is 1. The summed E-state index contributed by atoms with van der Waals surface area (Å²) < 4.78 is 6.46. The summed E-state index contributed by atoms with van der Waals surface area (Å²) in [6.45, 7) is 5.06. The van der Waals surface area contributed by atoms with E-state index in [2.05, 4.69) is 30.2 Å². The standard InChI is InChI=1S/C36H39ClN2O4/c1-23(22-43-32-11-16-38-31-8-3-5-24(2)33(31)32)17-27-19-26-10-9-25(21-40)18-30(26)35(27)12-14-36(15-13-35,34(41)42)39-29-7-4-6-28(37)20-29/h4,6-7,9-11,16,18-21,23-24,39H,3,5,8,12-15,17,22H2,1-2H3,(H,41,42)/t23-,24-,35?,36?/m1/s1. The van der Waals surface area contributed by atoms with Crippen LogP contribution in [0, 0.1) is 5.92 Å². The molecule has 1 spiro atoms. The minimum Gasteiger partial charge on any atom is -0.493 e. The van der Waals surface area contributed by atoms with E-state index in [1.165, 1.54) is 23.3 Å². The van der Waals surface area contributed by atoms with Gasteiger partial charge in [0.1, 0.15) is 17.6 Å². The van der Waals surface area contributed by atoms with Crippen molar-refractivity contribution in [3.8, 4) is 5.75 Å². The molecule has 2 atom stereocenters. The number of fused-ring (bicyclic) bond motifs is 3. The number of aryl methyl sites for hydroxylation is 1. The van der Waals surface area contributed by atoms with Crippen molar-refractivity contribution in [3.05, 3.63) is 93.3 Å². The lowest BCUT2D eigenvalue weighted by atomic mass is 9.61. The van der Waals surface area contributed by atoms with Crippen molar-refractivity contribution >= 4 is 35.6 Å². The third-order valence-electron chi connectivity index (χ3n) is 9.92. The maximum Gasteiger partial charge on any atom is 0.329 e. The Kier molecular flexibility index (Phi) is 8.08. The van der Waals surface area contributed by atoms with Gasteiger partial charge in [0.05, 0.1) is 6.61 Å². The van der Waals surface area contributed by atoms with Gasteiger partial charge in [0.15, 0.2) is 0 Å². The van der Waals surface area contributed by atoms with Crippen LogP contribution in [0.1, 0.15) is 97.5 Å². The molecular weight excluding hydrogens is 560 g/mol. The average molecular weight is 599 g/mol. The first-order valence-electron chi connectivity index (χ1n) is 15.4. The molecule has 2 N–H and O–H groups in total. The molecule has 3 aliphatic rings. The van der Waals surface area contributed by atoms with Gasteiger partial charge in [0.2, 0.25) is 0 Å². The fraction of sp³-hybridized carbons (Fsp3) is 0.417. The second-order valence-electron chi connectivity index (χ2n) is 12.8. The number of nitrogens with one attached hydrogen (secondary N) is 1. The number of aromatic nitrogens is 1. The summed E-state index contributed by atoms with van der Waals surface area (Å²) in [5.41, 5.74) is 5.92. The molecule has 6 rings (SSSR count). The molecule has 1 aromatic heterocycles. The fourth-order valence-electron chi connectivity index (χ4n) is 7.60. The van der Waals surface area contributed by atoms with Crippen molar-refractivity contribution in [2.24, 2.45) is 5.92 Å². The third kappa shape index (κ3) is 5.58. The summed E-state index contributed by atoms with van der Waals surface area (Å²) in [4.78, 5) is 29.1. The minimum atomic E-state index is -1.10. The number of rotatable bonds is 9. The van der Waals surface area contributed by atoms with E-state index in [0.717, 1.165) is 42.4 Å². The lowest BCUT2D eigenvalue weighted by Crippen LogP contribution is -2.52. The Hall–Kier alpha value is -3.64. The molecule has 6 nitrogen and oxygen atoms in total. The van der Waals surface area contributed by atoms with Crippen molar-refractivity contribution in [2.75, 3.05) is 11.9 Å². The first-order valence-corrected chi connectivity index (χ1v) is 15.8. The van der Waals surface area contributed by atoms with Crippen molar-refractivity contribution in [3.63, 3.8) is 0 Å². The van der Waals surface area contributed by atoms with E-state index in [1.807, 2.05) is 42.6 Å². The van der Waals surface area contributed by atoms with Crippen LogP contribution in [0.4, 0.5) is 5.69 Å². The van der Waals surface area contributed by atoms with Gasteiger partial charge < -0.3 is 15.2 Å². The second kappa shape index (κ2) is 11.8. The van der Waals surface area contributed by atoms with Crippen LogP contribution in [0.25, 0.3) is 6.08 Å². The van der Waals surface area contributed by atoms with Crippen LogP contribution in [0.3, 0.4) is 0 Å². The number of carboxylic acid groups (broad SMARTS) is 1. The molecule has 0 unspecified atom stereocenters. The lowest BCUT2D eigenvalue weighted by molar-refractivity contribution is -0.143. The number of carbonyl (C=O) groups is 2. The zero-order valence-corrected chi connectivity index (χ0v) is 25.6. The van der Waals surface area contributed by atoms with E-state index in [4.69, 9.17) is 16.3 Å². The monoisotopic (exact) mass is 598 g/mol. The number of anilines is 1. The molecule has 3 aliphatic carbocycles. The minimum absolute atomic E-state index is 0.237. The Bertz CT molecular complexity index is 1570.